The standard InChI is InChI=1S/C12H15BrO2/c1-3-15-12(14)7-5-10-8-11(13)6-4-9(10)2/h4,6,8H,3,5,7H2,1-2H3. The van der Waals surface area contributed by atoms with Gasteiger partial charge in [0.15, 0.2) is 0 Å². The fourth-order valence-electron chi connectivity index (χ4n) is 1.38. The number of hydrogen-bond donors (Lipinski definition) is 0. The molecule has 0 aliphatic rings. The van der Waals surface area contributed by atoms with Crippen LogP contribution in [0.4, 0.5) is 0 Å². The number of hydrogen-bond acceptors (Lipinski definition) is 2. The second-order valence-electron chi connectivity index (χ2n) is 3.38. The molecule has 2 nitrogen and oxygen atoms in total. The van der Waals surface area contributed by atoms with Gasteiger partial charge in [0.2, 0.25) is 0 Å². The van der Waals surface area contributed by atoms with Gasteiger partial charge in [-0.25, -0.2) is 0 Å². The lowest BCUT2D eigenvalue weighted by atomic mass is 10.0. The highest BCUT2D eigenvalue weighted by Gasteiger charge is 2.04. The lowest BCUT2D eigenvalue weighted by Crippen LogP contribution is -2.05. The van der Waals surface area contributed by atoms with E-state index in [1.54, 1.807) is 0 Å². The van der Waals surface area contributed by atoms with Crippen LogP contribution in [0.25, 0.3) is 0 Å². The molecule has 0 radical (unpaired) electrons. The van der Waals surface area contributed by atoms with E-state index in [9.17, 15) is 4.79 Å². The molecule has 0 fully saturated rings. The van der Waals surface area contributed by atoms with Gasteiger partial charge in [0, 0.05) is 10.9 Å². The molecule has 82 valence electrons. The molecule has 1 rings (SSSR count). The van der Waals surface area contributed by atoms with Crippen molar-refractivity contribution in [1.82, 2.24) is 0 Å². The Morgan fingerprint density at radius 3 is 2.87 bits per heavy atom. The van der Waals surface area contributed by atoms with Crippen LogP contribution in [-0.2, 0) is 16.0 Å². The van der Waals surface area contributed by atoms with Crippen molar-refractivity contribution in [2.24, 2.45) is 0 Å². The highest BCUT2D eigenvalue weighted by atomic mass is 79.9. The number of carbonyl (C=O) groups is 1. The van der Waals surface area contributed by atoms with E-state index in [2.05, 4.69) is 22.0 Å². The molecule has 3 heteroatoms. The van der Waals surface area contributed by atoms with Gasteiger partial charge in [-0.1, -0.05) is 22.0 Å². The van der Waals surface area contributed by atoms with E-state index in [0.29, 0.717) is 13.0 Å². The molecule has 0 saturated carbocycles. The van der Waals surface area contributed by atoms with Crippen molar-refractivity contribution in [3.05, 3.63) is 33.8 Å². The summed E-state index contributed by atoms with van der Waals surface area (Å²) in [5, 5.41) is 0. The fraction of sp³-hybridized carbons (Fsp3) is 0.417. The number of aryl methyl sites for hydroxylation is 2. The van der Waals surface area contributed by atoms with Gasteiger partial charge in [0.1, 0.15) is 0 Å². The minimum atomic E-state index is -0.128. The number of esters is 1. The second kappa shape index (κ2) is 5.91. The van der Waals surface area contributed by atoms with Crippen molar-refractivity contribution < 1.29 is 9.53 Å². The average molecular weight is 271 g/mol. The smallest absolute Gasteiger partial charge is 0.306 e. The van der Waals surface area contributed by atoms with E-state index in [4.69, 9.17) is 4.74 Å². The molecule has 0 heterocycles. The van der Waals surface area contributed by atoms with Gasteiger partial charge in [-0.15, -0.1) is 0 Å². The first-order valence-corrected chi connectivity index (χ1v) is 5.83. The van der Waals surface area contributed by atoms with E-state index >= 15 is 0 Å². The lowest BCUT2D eigenvalue weighted by molar-refractivity contribution is -0.143. The molecule has 0 bridgehead atoms. The maximum atomic E-state index is 11.2. The molecule has 0 saturated heterocycles. The molecule has 0 atom stereocenters. The summed E-state index contributed by atoms with van der Waals surface area (Å²) < 4.78 is 5.93. The Morgan fingerprint density at radius 2 is 2.20 bits per heavy atom. The molecule has 0 aromatic heterocycles. The molecule has 15 heavy (non-hydrogen) atoms. The van der Waals surface area contributed by atoms with Gasteiger partial charge in [0.05, 0.1) is 6.61 Å². The molecule has 0 N–H and O–H groups in total. The third-order valence-corrected chi connectivity index (χ3v) is 2.71. The summed E-state index contributed by atoms with van der Waals surface area (Å²) in [5.74, 6) is -0.128. The normalized spacial score (nSPS) is 10.1. The molecule has 1 aromatic rings. The zero-order chi connectivity index (χ0) is 11.3. The van der Waals surface area contributed by atoms with Gasteiger partial charge in [-0.2, -0.15) is 0 Å². The van der Waals surface area contributed by atoms with Gasteiger partial charge in [-0.05, 0) is 43.5 Å². The lowest BCUT2D eigenvalue weighted by Gasteiger charge is -2.06. The molecule has 1 aromatic carbocycles. The largest absolute Gasteiger partial charge is 0.466 e. The van der Waals surface area contributed by atoms with Crippen LogP contribution in [0.15, 0.2) is 22.7 Å². The SMILES string of the molecule is CCOC(=O)CCc1cc(Br)ccc1C. The zero-order valence-corrected chi connectivity index (χ0v) is 10.6. The summed E-state index contributed by atoms with van der Waals surface area (Å²) in [5.41, 5.74) is 2.40. The zero-order valence-electron chi connectivity index (χ0n) is 9.05. The van der Waals surface area contributed by atoms with Crippen LogP contribution in [0.1, 0.15) is 24.5 Å². The van der Waals surface area contributed by atoms with Crippen molar-refractivity contribution in [2.75, 3.05) is 6.61 Å². The van der Waals surface area contributed by atoms with Crippen LogP contribution in [0.2, 0.25) is 0 Å². The van der Waals surface area contributed by atoms with E-state index < -0.39 is 0 Å². The number of carbonyl (C=O) groups excluding carboxylic acids is 1. The Bertz CT molecular complexity index is 347. The number of halogens is 1. The highest BCUT2D eigenvalue weighted by Crippen LogP contribution is 2.17. The van der Waals surface area contributed by atoms with E-state index in [0.717, 1.165) is 10.9 Å². The number of ether oxygens (including phenoxy) is 1. The summed E-state index contributed by atoms with van der Waals surface area (Å²) >= 11 is 3.42. The van der Waals surface area contributed by atoms with Crippen molar-refractivity contribution in [1.29, 1.82) is 0 Å². The Kier molecular flexibility index (Phi) is 4.82. The molecule has 0 spiro atoms. The van der Waals surface area contributed by atoms with Crippen molar-refractivity contribution in [3.8, 4) is 0 Å². The van der Waals surface area contributed by atoms with Gasteiger partial charge >= 0.3 is 5.97 Å². The summed E-state index contributed by atoms with van der Waals surface area (Å²) in [4.78, 5) is 11.2. The van der Waals surface area contributed by atoms with Crippen LogP contribution >= 0.6 is 15.9 Å². The molecular weight excluding hydrogens is 256 g/mol. The first kappa shape index (κ1) is 12.2. The van der Waals surface area contributed by atoms with Crippen LogP contribution in [-0.4, -0.2) is 12.6 Å². The van der Waals surface area contributed by atoms with Gasteiger partial charge < -0.3 is 4.74 Å². The van der Waals surface area contributed by atoms with E-state index in [1.807, 2.05) is 26.0 Å². The van der Waals surface area contributed by atoms with Gasteiger partial charge in [0.25, 0.3) is 0 Å². The highest BCUT2D eigenvalue weighted by molar-refractivity contribution is 9.10. The molecule has 0 aliphatic heterocycles. The molecule has 0 aliphatic carbocycles. The minimum Gasteiger partial charge on any atom is -0.466 e. The van der Waals surface area contributed by atoms with Gasteiger partial charge in [-0.3, -0.25) is 4.79 Å². The molecule has 0 unspecified atom stereocenters. The fourth-order valence-corrected chi connectivity index (χ4v) is 1.79. The Labute approximate surface area is 98.8 Å². The van der Waals surface area contributed by atoms with Crippen molar-refractivity contribution in [3.63, 3.8) is 0 Å². The quantitative estimate of drug-likeness (QED) is 0.786. The topological polar surface area (TPSA) is 26.3 Å². The first-order valence-electron chi connectivity index (χ1n) is 5.04. The summed E-state index contributed by atoms with van der Waals surface area (Å²) in [6.45, 7) is 4.32. The Morgan fingerprint density at radius 1 is 1.47 bits per heavy atom. The number of benzene rings is 1. The molecule has 0 amide bonds. The minimum absolute atomic E-state index is 0.128. The Balaban J connectivity index is 2.57. The summed E-state index contributed by atoms with van der Waals surface area (Å²) in [6.07, 6.45) is 1.19. The van der Waals surface area contributed by atoms with Crippen molar-refractivity contribution in [2.45, 2.75) is 26.7 Å². The van der Waals surface area contributed by atoms with Crippen molar-refractivity contribution >= 4 is 21.9 Å². The van der Waals surface area contributed by atoms with E-state index in [-0.39, 0.29) is 5.97 Å². The number of rotatable bonds is 4. The second-order valence-corrected chi connectivity index (χ2v) is 4.29. The maximum absolute atomic E-state index is 11.2. The predicted octanol–water partition coefficient (Wildman–Crippen LogP) is 3.25. The van der Waals surface area contributed by atoms with Crippen LogP contribution < -0.4 is 0 Å². The third-order valence-electron chi connectivity index (χ3n) is 2.21. The molecular formula is C12H15BrO2. The Hall–Kier alpha value is -0.830. The monoisotopic (exact) mass is 270 g/mol. The summed E-state index contributed by atoms with van der Waals surface area (Å²) in [7, 11) is 0. The third kappa shape index (κ3) is 4.04. The summed E-state index contributed by atoms with van der Waals surface area (Å²) in [6, 6.07) is 6.10. The van der Waals surface area contributed by atoms with Crippen LogP contribution in [0, 0.1) is 6.92 Å². The van der Waals surface area contributed by atoms with E-state index in [1.165, 1.54) is 11.1 Å². The van der Waals surface area contributed by atoms with Crippen LogP contribution in [0.3, 0.4) is 0 Å². The predicted molar refractivity (Wildman–Crippen MR) is 63.8 cm³/mol. The van der Waals surface area contributed by atoms with Crippen LogP contribution in [0.5, 0.6) is 0 Å². The maximum Gasteiger partial charge on any atom is 0.306 e. The first-order chi connectivity index (χ1) is 7.13. The average Bonchev–Trinajstić information content (AvgIpc) is 2.20.